The molecule has 8 rings (SSSR count). The fraction of sp³-hybridized carbons (Fsp3) is 0.250. The summed E-state index contributed by atoms with van der Waals surface area (Å²) in [6.45, 7) is 7.47. The van der Waals surface area contributed by atoms with E-state index >= 15 is 0 Å². The van der Waals surface area contributed by atoms with Gasteiger partial charge in [0.15, 0.2) is 0 Å². The molecule has 0 aliphatic carbocycles. The van der Waals surface area contributed by atoms with Gasteiger partial charge in [-0.15, -0.1) is 0 Å². The topological polar surface area (TPSA) is 131 Å². The Morgan fingerprint density at radius 2 is 1.03 bits per heavy atom. The van der Waals surface area contributed by atoms with Gasteiger partial charge < -0.3 is 20.8 Å². The fourth-order valence-corrected chi connectivity index (χ4v) is 8.19. The number of rotatable bonds is 10. The number of fused-ring (bicyclic) bond motifs is 2. The van der Waals surface area contributed by atoms with Gasteiger partial charge in [0.1, 0.15) is 0 Å². The van der Waals surface area contributed by atoms with E-state index in [2.05, 4.69) is 143 Å². The molecule has 6 aromatic rings. The molecule has 0 amide bonds. The molecular formula is C48H50N6O4. The van der Waals surface area contributed by atoms with E-state index in [0.717, 1.165) is 25.9 Å². The van der Waals surface area contributed by atoms with E-state index in [1.165, 1.54) is 80.2 Å². The van der Waals surface area contributed by atoms with Crippen LogP contribution >= 0.6 is 0 Å². The average molecular weight is 775 g/mol. The van der Waals surface area contributed by atoms with Crippen LogP contribution in [0.3, 0.4) is 0 Å². The lowest BCUT2D eigenvalue weighted by Crippen LogP contribution is -2.36. The first kappa shape index (κ1) is 39.9. The molecule has 0 unspecified atom stereocenters. The maximum atomic E-state index is 11.5. The number of aromatic carboxylic acids is 2. The lowest BCUT2D eigenvalue weighted by atomic mass is 9.89. The predicted octanol–water partition coefficient (Wildman–Crippen LogP) is 8.79. The quantitative estimate of drug-likeness (QED) is 0.107. The number of aryl methyl sites for hydroxylation is 2. The molecule has 2 atom stereocenters. The van der Waals surface area contributed by atoms with Gasteiger partial charge in [0, 0.05) is 38.6 Å². The van der Waals surface area contributed by atoms with Crippen LogP contribution in [0, 0.1) is 13.8 Å². The van der Waals surface area contributed by atoms with Gasteiger partial charge in [0.2, 0.25) is 0 Å². The van der Waals surface area contributed by atoms with E-state index < -0.39 is 11.9 Å². The number of carboxylic acid groups (broad SMARTS) is 2. The van der Waals surface area contributed by atoms with Gasteiger partial charge in [-0.25, -0.2) is 9.59 Å². The molecule has 0 saturated carbocycles. The number of benzene rings is 4. The zero-order valence-corrected chi connectivity index (χ0v) is 33.4. The minimum Gasteiger partial charge on any atom is -0.478 e. The van der Waals surface area contributed by atoms with Gasteiger partial charge in [-0.2, -0.15) is 0 Å². The normalized spacial score (nSPS) is 16.3. The van der Waals surface area contributed by atoms with Gasteiger partial charge in [0.25, 0.3) is 0 Å². The van der Waals surface area contributed by atoms with Crippen molar-refractivity contribution in [1.82, 2.24) is 19.8 Å². The molecule has 4 heterocycles. The molecule has 2 aliphatic rings. The molecule has 0 bridgehead atoms. The number of hydrogen-bond acceptors (Lipinski definition) is 8. The fourth-order valence-electron chi connectivity index (χ4n) is 8.19. The number of carbonyl (C=O) groups is 2. The van der Waals surface area contributed by atoms with E-state index in [9.17, 15) is 19.8 Å². The summed E-state index contributed by atoms with van der Waals surface area (Å²) in [5, 5.41) is 25.4. The minimum atomic E-state index is -0.949. The Morgan fingerprint density at radius 1 is 0.621 bits per heavy atom. The number of aromatic nitrogens is 2. The number of nitrogens with one attached hydrogen (secondary N) is 2. The Kier molecular flexibility index (Phi) is 12.3. The van der Waals surface area contributed by atoms with E-state index in [4.69, 9.17) is 0 Å². The molecule has 0 saturated heterocycles. The first-order chi connectivity index (χ1) is 28.1. The third kappa shape index (κ3) is 8.78. The summed E-state index contributed by atoms with van der Waals surface area (Å²) < 4.78 is 0. The second-order valence-electron chi connectivity index (χ2n) is 15.2. The van der Waals surface area contributed by atoms with Gasteiger partial charge >= 0.3 is 11.9 Å². The van der Waals surface area contributed by atoms with Crippen LogP contribution in [0.25, 0.3) is 22.3 Å². The van der Waals surface area contributed by atoms with Crippen molar-refractivity contribution in [2.45, 2.75) is 38.8 Å². The second kappa shape index (κ2) is 17.8. The third-order valence-electron chi connectivity index (χ3n) is 11.5. The Bertz CT molecular complexity index is 2260. The van der Waals surface area contributed by atoms with Crippen LogP contribution in [0.4, 0.5) is 11.4 Å². The highest BCUT2D eigenvalue weighted by Crippen LogP contribution is 2.35. The molecule has 0 spiro atoms. The largest absolute Gasteiger partial charge is 0.478 e. The summed E-state index contributed by atoms with van der Waals surface area (Å²) in [7, 11) is 4.23. The van der Waals surface area contributed by atoms with Crippen molar-refractivity contribution in [3.05, 3.63) is 166 Å². The molecule has 4 N–H and O–H groups in total. The Morgan fingerprint density at radius 3 is 1.43 bits per heavy atom. The van der Waals surface area contributed by atoms with Crippen LogP contribution in [0.15, 0.2) is 122 Å². The molecule has 4 aromatic carbocycles. The third-order valence-corrected chi connectivity index (χ3v) is 11.5. The number of nitrogens with zero attached hydrogens (tertiary/aromatic N) is 4. The van der Waals surface area contributed by atoms with E-state index in [1.807, 2.05) is 0 Å². The van der Waals surface area contributed by atoms with Crippen molar-refractivity contribution in [1.29, 1.82) is 0 Å². The first-order valence-electron chi connectivity index (χ1n) is 19.7. The summed E-state index contributed by atoms with van der Waals surface area (Å²) in [5.41, 5.74) is 14.5. The predicted molar refractivity (Wildman–Crippen MR) is 231 cm³/mol. The number of likely N-dealkylation sites (N-methyl/N-ethyl adjacent to an activating group) is 2. The van der Waals surface area contributed by atoms with E-state index in [1.54, 1.807) is 12.4 Å². The summed E-state index contributed by atoms with van der Waals surface area (Å²) in [6.07, 6.45) is 8.18. The molecule has 2 aliphatic heterocycles. The molecule has 0 fully saturated rings. The van der Waals surface area contributed by atoms with Crippen molar-refractivity contribution >= 4 is 23.3 Å². The maximum Gasteiger partial charge on any atom is 0.337 e. The van der Waals surface area contributed by atoms with Gasteiger partial charge in [-0.3, -0.25) is 19.8 Å². The number of hydrogen-bond donors (Lipinski definition) is 4. The maximum absolute atomic E-state index is 11.5. The average Bonchev–Trinajstić information content (AvgIpc) is 3.23. The monoisotopic (exact) mass is 774 g/mol. The minimum absolute atomic E-state index is 0.173. The zero-order valence-electron chi connectivity index (χ0n) is 33.4. The standard InChI is InChI=1S/2C24H25N3O2/c2*1-16-5-3-4-6-19(16)17-7-8-20-18(13-17)10-12-27(2)23(20)15-26-22-14-25-11-9-21(22)24(28)29/h2*3-9,11,13-14,23,26H,10,12,15H2,1-2H3,(H,28,29)/t2*23-/m10/s1. The Labute approximate surface area is 340 Å². The molecular weight excluding hydrogens is 725 g/mol. The lowest BCUT2D eigenvalue weighted by molar-refractivity contribution is 0.0687. The number of pyridine rings is 2. The van der Waals surface area contributed by atoms with Crippen LogP contribution < -0.4 is 10.6 Å². The van der Waals surface area contributed by atoms with Crippen molar-refractivity contribution in [2.75, 3.05) is 50.9 Å². The van der Waals surface area contributed by atoms with Crippen molar-refractivity contribution < 1.29 is 19.8 Å². The lowest BCUT2D eigenvalue weighted by Gasteiger charge is -2.35. The summed E-state index contributed by atoms with van der Waals surface area (Å²) in [4.78, 5) is 35.7. The smallest absolute Gasteiger partial charge is 0.337 e. The molecule has 10 nitrogen and oxygen atoms in total. The van der Waals surface area contributed by atoms with E-state index in [-0.39, 0.29) is 23.2 Å². The van der Waals surface area contributed by atoms with Crippen molar-refractivity contribution in [3.8, 4) is 22.3 Å². The molecule has 58 heavy (non-hydrogen) atoms. The van der Waals surface area contributed by atoms with Crippen molar-refractivity contribution in [3.63, 3.8) is 0 Å². The summed E-state index contributed by atoms with van der Waals surface area (Å²) in [6, 6.07) is 33.8. The van der Waals surface area contributed by atoms with Crippen LogP contribution in [0.2, 0.25) is 0 Å². The number of carboxylic acids is 2. The van der Waals surface area contributed by atoms with E-state index in [0.29, 0.717) is 24.5 Å². The molecule has 296 valence electrons. The highest BCUT2D eigenvalue weighted by atomic mass is 16.4. The molecule has 10 heteroatoms. The Hall–Kier alpha value is -6.36. The van der Waals surface area contributed by atoms with Crippen LogP contribution in [0.1, 0.15) is 66.2 Å². The highest BCUT2D eigenvalue weighted by molar-refractivity contribution is 5.94. The summed E-state index contributed by atoms with van der Waals surface area (Å²) in [5.74, 6) is -1.90. The SMILES string of the molecule is Cc1ccccc1-c1ccc2c(c1)CCN(C)[C@@H]2CNc1cnccc1C(=O)O.Cc1ccccc1-c1ccc2c(c1)CCN(C)[C@H]2CNc1cnccc1C(=O)O. The second-order valence-corrected chi connectivity index (χ2v) is 15.2. The molecule has 0 radical (unpaired) electrons. The zero-order chi connectivity index (χ0) is 40.8. The van der Waals surface area contributed by atoms with Gasteiger partial charge in [-0.1, -0.05) is 84.9 Å². The highest BCUT2D eigenvalue weighted by Gasteiger charge is 2.27. The Balaban J connectivity index is 0.000000177. The van der Waals surface area contributed by atoms with Gasteiger partial charge in [0.05, 0.1) is 47.0 Å². The number of anilines is 2. The van der Waals surface area contributed by atoms with Crippen LogP contribution in [-0.4, -0.2) is 82.2 Å². The van der Waals surface area contributed by atoms with Crippen LogP contribution in [-0.2, 0) is 12.8 Å². The van der Waals surface area contributed by atoms with Crippen molar-refractivity contribution in [2.24, 2.45) is 0 Å². The molecule has 2 aromatic heterocycles. The van der Waals surface area contributed by atoms with Crippen LogP contribution in [0.5, 0.6) is 0 Å². The van der Waals surface area contributed by atoms with Gasteiger partial charge in [-0.05, 0) is 109 Å². The first-order valence-corrected chi connectivity index (χ1v) is 19.7. The summed E-state index contributed by atoms with van der Waals surface area (Å²) >= 11 is 0.